The second-order valence-electron chi connectivity index (χ2n) is 4.48. The fraction of sp³-hybridized carbons (Fsp3) is 0.0769. The van der Waals surface area contributed by atoms with Crippen LogP contribution in [-0.4, -0.2) is 18.4 Å². The van der Waals surface area contributed by atoms with Crippen molar-refractivity contribution in [2.24, 2.45) is 0 Å². The van der Waals surface area contributed by atoms with Crippen molar-refractivity contribution in [3.05, 3.63) is 46.7 Å². The van der Waals surface area contributed by atoms with E-state index in [4.69, 9.17) is 5.73 Å². The van der Waals surface area contributed by atoms with Crippen molar-refractivity contribution in [1.82, 2.24) is 9.97 Å². The van der Waals surface area contributed by atoms with Gasteiger partial charge in [-0.15, -0.1) is 11.3 Å². The zero-order chi connectivity index (χ0) is 15.0. The third kappa shape index (κ3) is 3.07. The number of nitrogens with zero attached hydrogens (tertiary/aromatic N) is 2. The molecule has 2 heterocycles. The Kier molecular flexibility index (Phi) is 3.68. The number of hydrogen-bond donors (Lipinski definition) is 1. The third-order valence-corrected chi connectivity index (χ3v) is 6.37. The molecule has 0 bridgehead atoms. The number of halogens is 1. The first kappa shape index (κ1) is 14.4. The van der Waals surface area contributed by atoms with Gasteiger partial charge >= 0.3 is 0 Å². The lowest BCUT2D eigenvalue weighted by molar-refractivity contribution is 0.594. The van der Waals surface area contributed by atoms with Gasteiger partial charge in [0.2, 0.25) is 14.2 Å². The van der Waals surface area contributed by atoms with E-state index in [1.165, 1.54) is 6.20 Å². The van der Waals surface area contributed by atoms with Gasteiger partial charge in [0.1, 0.15) is 0 Å². The van der Waals surface area contributed by atoms with Gasteiger partial charge in [0.25, 0.3) is 0 Å². The number of nitrogens with two attached hydrogens (primary N) is 1. The molecule has 3 rings (SSSR count). The number of sulfone groups is 1. The second-order valence-corrected chi connectivity index (χ2v) is 8.59. The lowest BCUT2D eigenvalue weighted by Gasteiger charge is -2.01. The molecule has 21 heavy (non-hydrogen) atoms. The minimum absolute atomic E-state index is 0.100. The Bertz CT molecular complexity index is 922. The number of nitrogen functional groups attached to an aromatic ring is 1. The summed E-state index contributed by atoms with van der Waals surface area (Å²) in [5.41, 5.74) is 7.54. The second kappa shape index (κ2) is 5.36. The van der Waals surface area contributed by atoms with Gasteiger partial charge in [-0.1, -0.05) is 0 Å². The molecule has 0 spiro atoms. The lowest BCUT2D eigenvalue weighted by atomic mass is 10.3. The van der Waals surface area contributed by atoms with Crippen molar-refractivity contribution in [2.45, 2.75) is 10.1 Å². The highest BCUT2D eigenvalue weighted by atomic mass is 79.9. The Balaban J connectivity index is 2.00. The SMILES string of the molecule is Nc1ccc2nc(S(=O)(=O)Cc3cncc(Br)c3)sc2c1. The first-order chi connectivity index (χ1) is 9.94. The van der Waals surface area contributed by atoms with Crippen LogP contribution in [0.3, 0.4) is 0 Å². The van der Waals surface area contributed by atoms with Gasteiger partial charge < -0.3 is 5.73 Å². The Morgan fingerprint density at radius 1 is 1.24 bits per heavy atom. The molecule has 0 aliphatic carbocycles. The lowest BCUT2D eigenvalue weighted by Crippen LogP contribution is -2.04. The highest BCUT2D eigenvalue weighted by Crippen LogP contribution is 2.29. The van der Waals surface area contributed by atoms with E-state index in [9.17, 15) is 8.42 Å². The maximum atomic E-state index is 12.4. The molecule has 0 saturated carbocycles. The fourth-order valence-electron chi connectivity index (χ4n) is 1.87. The van der Waals surface area contributed by atoms with Crippen molar-refractivity contribution in [2.75, 3.05) is 5.73 Å². The molecule has 0 fully saturated rings. The van der Waals surface area contributed by atoms with E-state index in [0.717, 1.165) is 20.5 Å². The van der Waals surface area contributed by atoms with Crippen LogP contribution in [-0.2, 0) is 15.6 Å². The molecule has 2 N–H and O–H groups in total. The van der Waals surface area contributed by atoms with Crippen LogP contribution in [0.2, 0.25) is 0 Å². The van der Waals surface area contributed by atoms with Crippen LogP contribution in [0.4, 0.5) is 5.69 Å². The summed E-state index contributed by atoms with van der Waals surface area (Å²) >= 11 is 4.41. The summed E-state index contributed by atoms with van der Waals surface area (Å²) in [6.07, 6.45) is 3.14. The van der Waals surface area contributed by atoms with E-state index in [0.29, 0.717) is 16.8 Å². The highest BCUT2D eigenvalue weighted by molar-refractivity contribution is 9.10. The molecule has 5 nitrogen and oxygen atoms in total. The summed E-state index contributed by atoms with van der Waals surface area (Å²) in [5.74, 6) is -0.130. The van der Waals surface area contributed by atoms with Gasteiger partial charge in [-0.25, -0.2) is 13.4 Å². The van der Waals surface area contributed by atoms with Crippen molar-refractivity contribution < 1.29 is 8.42 Å². The predicted octanol–water partition coefficient (Wildman–Crippen LogP) is 3.01. The average Bonchev–Trinajstić information content (AvgIpc) is 2.82. The summed E-state index contributed by atoms with van der Waals surface area (Å²) in [7, 11) is -3.50. The molecule has 8 heteroatoms. The molecule has 1 aromatic carbocycles. The van der Waals surface area contributed by atoms with Crippen molar-refractivity contribution >= 4 is 53.0 Å². The molecule has 0 aliphatic heterocycles. The monoisotopic (exact) mass is 383 g/mol. The molecular weight excluding hydrogens is 374 g/mol. The summed E-state index contributed by atoms with van der Waals surface area (Å²) < 4.78 is 26.5. The normalized spacial score (nSPS) is 11.9. The van der Waals surface area contributed by atoms with E-state index in [1.54, 1.807) is 30.5 Å². The van der Waals surface area contributed by atoms with Gasteiger partial charge in [0, 0.05) is 22.6 Å². The van der Waals surface area contributed by atoms with Gasteiger partial charge in [-0.2, -0.15) is 0 Å². The molecule has 0 aliphatic rings. The van der Waals surface area contributed by atoms with Gasteiger partial charge in [-0.05, 0) is 45.8 Å². The Morgan fingerprint density at radius 3 is 2.81 bits per heavy atom. The van der Waals surface area contributed by atoms with Gasteiger partial charge in [0.05, 0.1) is 16.0 Å². The molecular formula is C13H10BrN3O2S2. The number of anilines is 1. The van der Waals surface area contributed by atoms with Crippen molar-refractivity contribution in [3.8, 4) is 0 Å². The van der Waals surface area contributed by atoms with Crippen LogP contribution in [0.25, 0.3) is 10.2 Å². The maximum absolute atomic E-state index is 12.4. The Labute approximate surface area is 133 Å². The van der Waals surface area contributed by atoms with E-state index < -0.39 is 9.84 Å². The molecule has 0 saturated heterocycles. The van der Waals surface area contributed by atoms with Crippen molar-refractivity contribution in [3.63, 3.8) is 0 Å². The number of pyridine rings is 1. The quantitative estimate of drug-likeness (QED) is 0.702. The Morgan fingerprint density at radius 2 is 2.05 bits per heavy atom. The van der Waals surface area contributed by atoms with Crippen LogP contribution in [0.1, 0.15) is 5.56 Å². The molecule has 0 radical (unpaired) electrons. The smallest absolute Gasteiger partial charge is 0.210 e. The predicted molar refractivity (Wildman–Crippen MR) is 86.9 cm³/mol. The molecule has 0 atom stereocenters. The van der Waals surface area contributed by atoms with E-state index >= 15 is 0 Å². The summed E-state index contributed by atoms with van der Waals surface area (Å²) in [4.78, 5) is 8.16. The van der Waals surface area contributed by atoms with Crippen LogP contribution in [0, 0.1) is 0 Å². The third-order valence-electron chi connectivity index (χ3n) is 2.78. The molecule has 3 aromatic rings. The molecule has 0 unspecified atom stereocenters. The minimum Gasteiger partial charge on any atom is -0.399 e. The number of rotatable bonds is 3. The first-order valence-corrected chi connectivity index (χ1v) is 9.18. The standard InChI is InChI=1S/C13H10BrN3O2S2/c14-9-3-8(5-16-6-9)7-21(18,19)13-17-11-2-1-10(15)4-12(11)20-13/h1-6H,7,15H2. The zero-order valence-electron chi connectivity index (χ0n) is 10.7. The van der Waals surface area contributed by atoms with Crippen LogP contribution < -0.4 is 5.73 Å². The number of hydrogen-bond acceptors (Lipinski definition) is 6. The van der Waals surface area contributed by atoms with E-state index in [2.05, 4.69) is 25.9 Å². The molecule has 2 aromatic heterocycles. The van der Waals surface area contributed by atoms with Gasteiger partial charge in [0.15, 0.2) is 0 Å². The number of thiazole rings is 1. The number of benzene rings is 1. The number of aromatic nitrogens is 2. The summed E-state index contributed by atoms with van der Waals surface area (Å²) in [6, 6.07) is 6.89. The fourth-order valence-corrected chi connectivity index (χ4v) is 4.94. The summed E-state index contributed by atoms with van der Waals surface area (Å²) in [6.45, 7) is 0. The maximum Gasteiger partial charge on any atom is 0.210 e. The molecule has 108 valence electrons. The largest absolute Gasteiger partial charge is 0.399 e. The minimum atomic E-state index is -3.50. The van der Waals surface area contributed by atoms with Crippen molar-refractivity contribution in [1.29, 1.82) is 0 Å². The average molecular weight is 384 g/mol. The van der Waals surface area contributed by atoms with Crippen LogP contribution in [0.5, 0.6) is 0 Å². The molecule has 0 amide bonds. The van der Waals surface area contributed by atoms with E-state index in [-0.39, 0.29) is 10.1 Å². The zero-order valence-corrected chi connectivity index (χ0v) is 13.9. The van der Waals surface area contributed by atoms with Crippen LogP contribution in [0.15, 0.2) is 45.5 Å². The Hall–Kier alpha value is -1.51. The number of fused-ring (bicyclic) bond motifs is 1. The van der Waals surface area contributed by atoms with Gasteiger partial charge in [-0.3, -0.25) is 4.98 Å². The highest BCUT2D eigenvalue weighted by Gasteiger charge is 2.20. The van der Waals surface area contributed by atoms with Crippen LogP contribution >= 0.6 is 27.3 Å². The van der Waals surface area contributed by atoms with E-state index in [1.807, 2.05) is 0 Å². The summed E-state index contributed by atoms with van der Waals surface area (Å²) in [5, 5.41) is 0. The topological polar surface area (TPSA) is 85.9 Å². The first-order valence-electron chi connectivity index (χ1n) is 5.92.